The number of benzene rings is 1. The molecule has 8 nitrogen and oxygen atoms in total. The second-order valence-electron chi connectivity index (χ2n) is 7.62. The number of nitrogens with zero attached hydrogens (tertiary/aromatic N) is 2. The summed E-state index contributed by atoms with van der Waals surface area (Å²) < 4.78 is 5.19. The number of nitrogens with one attached hydrogen (secondary N) is 3. The minimum Gasteiger partial charge on any atom is -0.444 e. The molecule has 8 heteroatoms. The normalized spacial score (nSPS) is 10.5. The Labute approximate surface area is 181 Å². The SMILES string of the molecule is CC(C)(C)OC(=O)NCc1ncc(C#Cc2ccc(C#Cc3cnc(CN)[nH]3)cc2)[nH]1. The Morgan fingerprint density at radius 1 is 0.968 bits per heavy atom. The van der Waals surface area contributed by atoms with E-state index in [0.717, 1.165) is 16.8 Å². The Kier molecular flexibility index (Phi) is 6.76. The van der Waals surface area contributed by atoms with E-state index in [-0.39, 0.29) is 6.54 Å². The molecule has 1 aromatic carbocycles. The summed E-state index contributed by atoms with van der Waals surface area (Å²) in [5.41, 5.74) is 8.07. The topological polar surface area (TPSA) is 122 Å². The van der Waals surface area contributed by atoms with E-state index in [1.165, 1.54) is 0 Å². The van der Waals surface area contributed by atoms with Crippen LogP contribution in [0.5, 0.6) is 0 Å². The molecule has 0 bridgehead atoms. The van der Waals surface area contributed by atoms with Gasteiger partial charge in [-0.1, -0.05) is 11.8 Å². The van der Waals surface area contributed by atoms with Crippen molar-refractivity contribution in [2.75, 3.05) is 0 Å². The van der Waals surface area contributed by atoms with Gasteiger partial charge in [0.25, 0.3) is 0 Å². The van der Waals surface area contributed by atoms with Crippen molar-refractivity contribution in [2.24, 2.45) is 5.73 Å². The Morgan fingerprint density at radius 3 is 1.97 bits per heavy atom. The molecule has 0 aliphatic carbocycles. The number of hydrogen-bond donors (Lipinski definition) is 4. The largest absolute Gasteiger partial charge is 0.444 e. The van der Waals surface area contributed by atoms with Gasteiger partial charge in [0.05, 0.1) is 25.5 Å². The molecule has 0 aliphatic rings. The van der Waals surface area contributed by atoms with E-state index < -0.39 is 11.7 Å². The molecule has 0 aliphatic heterocycles. The summed E-state index contributed by atoms with van der Waals surface area (Å²) in [6.07, 6.45) is 2.79. The third kappa shape index (κ3) is 7.07. The van der Waals surface area contributed by atoms with Gasteiger partial charge < -0.3 is 25.8 Å². The lowest BCUT2D eigenvalue weighted by molar-refractivity contribution is 0.0522. The number of ether oxygens (including phenoxy) is 1. The van der Waals surface area contributed by atoms with Crippen LogP contribution in [0.25, 0.3) is 0 Å². The van der Waals surface area contributed by atoms with Gasteiger partial charge in [-0.25, -0.2) is 14.8 Å². The van der Waals surface area contributed by atoms with Crippen LogP contribution >= 0.6 is 0 Å². The van der Waals surface area contributed by atoms with Gasteiger partial charge in [-0.15, -0.1) is 0 Å². The molecule has 0 fully saturated rings. The van der Waals surface area contributed by atoms with Crippen molar-refractivity contribution in [3.63, 3.8) is 0 Å². The smallest absolute Gasteiger partial charge is 0.408 e. The fourth-order valence-corrected chi connectivity index (χ4v) is 2.43. The molecule has 31 heavy (non-hydrogen) atoms. The van der Waals surface area contributed by atoms with Gasteiger partial charge in [0.15, 0.2) is 0 Å². The first-order chi connectivity index (χ1) is 14.8. The highest BCUT2D eigenvalue weighted by Crippen LogP contribution is 2.07. The van der Waals surface area contributed by atoms with Crippen LogP contribution in [0, 0.1) is 23.7 Å². The first kappa shape index (κ1) is 21.7. The third-order valence-corrected chi connectivity index (χ3v) is 3.82. The predicted octanol–water partition coefficient (Wildman–Crippen LogP) is 2.42. The summed E-state index contributed by atoms with van der Waals surface area (Å²) >= 11 is 0. The van der Waals surface area contributed by atoms with E-state index in [1.54, 1.807) is 12.4 Å². The van der Waals surface area contributed by atoms with Gasteiger partial charge in [0.2, 0.25) is 0 Å². The van der Waals surface area contributed by atoms with E-state index in [1.807, 2.05) is 45.0 Å². The van der Waals surface area contributed by atoms with Gasteiger partial charge in [0, 0.05) is 11.1 Å². The van der Waals surface area contributed by atoms with Crippen LogP contribution in [0.4, 0.5) is 4.79 Å². The lowest BCUT2D eigenvalue weighted by Gasteiger charge is -2.19. The van der Waals surface area contributed by atoms with E-state index in [0.29, 0.717) is 23.9 Å². The Morgan fingerprint density at radius 2 is 1.48 bits per heavy atom. The quantitative estimate of drug-likeness (QED) is 0.489. The summed E-state index contributed by atoms with van der Waals surface area (Å²) in [7, 11) is 0. The molecule has 0 saturated carbocycles. The monoisotopic (exact) mass is 416 g/mol. The average Bonchev–Trinajstić information content (AvgIpc) is 3.38. The van der Waals surface area contributed by atoms with Gasteiger partial charge in [0.1, 0.15) is 28.6 Å². The fourth-order valence-electron chi connectivity index (χ4n) is 2.43. The molecule has 1 amide bonds. The molecule has 2 aromatic heterocycles. The van der Waals surface area contributed by atoms with Crippen molar-refractivity contribution >= 4 is 6.09 Å². The summed E-state index contributed by atoms with van der Waals surface area (Å²) in [4.78, 5) is 26.1. The first-order valence-corrected chi connectivity index (χ1v) is 9.69. The minimum atomic E-state index is -0.544. The fraction of sp³-hybridized carbons (Fsp3) is 0.261. The number of alkyl carbamates (subject to hydrolysis) is 1. The molecule has 2 heterocycles. The number of H-pyrrole nitrogens is 2. The molecule has 3 aromatic rings. The van der Waals surface area contributed by atoms with Gasteiger partial charge >= 0.3 is 6.09 Å². The highest BCUT2D eigenvalue weighted by molar-refractivity contribution is 5.67. The van der Waals surface area contributed by atoms with E-state index in [4.69, 9.17) is 10.5 Å². The van der Waals surface area contributed by atoms with E-state index in [2.05, 4.69) is 48.9 Å². The van der Waals surface area contributed by atoms with Crippen LogP contribution in [0.3, 0.4) is 0 Å². The summed E-state index contributed by atoms with van der Waals surface area (Å²) in [5.74, 6) is 13.5. The molecule has 0 radical (unpaired) electrons. The van der Waals surface area contributed by atoms with Gasteiger partial charge in [-0.2, -0.15) is 0 Å². The number of aromatic nitrogens is 4. The van der Waals surface area contributed by atoms with Gasteiger partial charge in [-0.05, 0) is 56.9 Å². The predicted molar refractivity (Wildman–Crippen MR) is 117 cm³/mol. The Bertz CT molecular complexity index is 1160. The standard InChI is InChI=1S/C23H24N6O2/c1-23(2,3)31-22(30)27-15-21-26-14-19(29-21)11-9-17-6-4-16(5-7-17)8-10-18-13-25-20(12-24)28-18/h4-7,13-14H,12,15,24H2,1-3H3,(H,25,28)(H,26,29)(H,27,30). The molecular formula is C23H24N6O2. The van der Waals surface area contributed by atoms with Crippen LogP contribution in [-0.4, -0.2) is 31.6 Å². The molecule has 0 unspecified atom stereocenters. The van der Waals surface area contributed by atoms with E-state index >= 15 is 0 Å². The number of carbonyl (C=O) groups excluding carboxylic acids is 1. The van der Waals surface area contributed by atoms with Crippen LogP contribution in [0.15, 0.2) is 36.7 Å². The maximum Gasteiger partial charge on any atom is 0.408 e. The molecule has 158 valence electrons. The maximum absolute atomic E-state index is 11.7. The van der Waals surface area contributed by atoms with Crippen molar-refractivity contribution in [3.8, 4) is 23.7 Å². The number of carbonyl (C=O) groups is 1. The molecule has 3 rings (SSSR count). The zero-order valence-corrected chi connectivity index (χ0v) is 17.7. The number of aromatic amines is 2. The van der Waals surface area contributed by atoms with Crippen LogP contribution in [-0.2, 0) is 17.8 Å². The highest BCUT2D eigenvalue weighted by Gasteiger charge is 2.15. The second kappa shape index (κ2) is 9.66. The summed E-state index contributed by atoms with van der Waals surface area (Å²) in [5, 5.41) is 2.65. The lowest BCUT2D eigenvalue weighted by atomic mass is 10.1. The van der Waals surface area contributed by atoms with Crippen LogP contribution in [0.1, 0.15) is 54.9 Å². The van der Waals surface area contributed by atoms with Crippen molar-refractivity contribution in [1.82, 2.24) is 25.3 Å². The molecular weight excluding hydrogens is 392 g/mol. The van der Waals surface area contributed by atoms with Crippen molar-refractivity contribution in [3.05, 3.63) is 70.8 Å². The summed E-state index contributed by atoms with van der Waals surface area (Å²) in [6.45, 7) is 6.01. The van der Waals surface area contributed by atoms with E-state index in [9.17, 15) is 4.79 Å². The highest BCUT2D eigenvalue weighted by atomic mass is 16.6. The number of hydrogen-bond acceptors (Lipinski definition) is 5. The van der Waals surface area contributed by atoms with Crippen LogP contribution < -0.4 is 11.1 Å². The van der Waals surface area contributed by atoms with Gasteiger partial charge in [-0.3, -0.25) is 0 Å². The summed E-state index contributed by atoms with van der Waals surface area (Å²) in [6, 6.07) is 7.61. The van der Waals surface area contributed by atoms with Crippen molar-refractivity contribution in [2.45, 2.75) is 39.5 Å². The zero-order valence-electron chi connectivity index (χ0n) is 17.7. The Hall–Kier alpha value is -4.01. The number of rotatable bonds is 3. The second-order valence-corrected chi connectivity index (χ2v) is 7.62. The number of nitrogens with two attached hydrogens (primary N) is 1. The number of imidazole rings is 2. The average molecular weight is 416 g/mol. The van der Waals surface area contributed by atoms with Crippen LogP contribution in [0.2, 0.25) is 0 Å². The first-order valence-electron chi connectivity index (χ1n) is 9.69. The molecule has 5 N–H and O–H groups in total. The Balaban J connectivity index is 1.56. The molecule has 0 saturated heterocycles. The number of amides is 1. The molecule has 0 spiro atoms. The minimum absolute atomic E-state index is 0.229. The third-order valence-electron chi connectivity index (χ3n) is 3.82. The maximum atomic E-state index is 11.7. The zero-order chi connectivity index (χ0) is 22.3. The van der Waals surface area contributed by atoms with Crippen molar-refractivity contribution < 1.29 is 9.53 Å². The lowest BCUT2D eigenvalue weighted by Crippen LogP contribution is -2.32. The molecule has 0 atom stereocenters. The van der Waals surface area contributed by atoms with Crippen molar-refractivity contribution in [1.29, 1.82) is 0 Å².